The van der Waals surface area contributed by atoms with Crippen molar-refractivity contribution in [1.82, 2.24) is 0 Å². The fraction of sp³-hybridized carbons (Fsp3) is 1.00. The Bertz CT molecular complexity index is 99.9. The molecule has 88 valence electrons. The molecule has 0 rings (SSSR count). The van der Waals surface area contributed by atoms with E-state index in [2.05, 4.69) is 13.8 Å². The van der Waals surface area contributed by atoms with Gasteiger partial charge >= 0.3 is 0 Å². The van der Waals surface area contributed by atoms with Gasteiger partial charge in [0.05, 0.1) is 7.85 Å². The van der Waals surface area contributed by atoms with E-state index in [1.165, 1.54) is 64.2 Å². The van der Waals surface area contributed by atoms with Crippen molar-refractivity contribution < 1.29 is 0 Å². The van der Waals surface area contributed by atoms with Crippen LogP contribution in [0.25, 0.3) is 0 Å². The smallest absolute Gasteiger partial charge is 0.0656 e. The lowest BCUT2D eigenvalue weighted by atomic mass is 9.83. The topological polar surface area (TPSA) is 0 Å². The summed E-state index contributed by atoms with van der Waals surface area (Å²) in [5.41, 5.74) is 0. The highest BCUT2D eigenvalue weighted by atomic mass is 14.1. The second-order valence-electron chi connectivity index (χ2n) is 4.80. The summed E-state index contributed by atoms with van der Waals surface area (Å²) in [6, 6.07) is 0. The van der Waals surface area contributed by atoms with Gasteiger partial charge in [-0.2, -0.15) is 0 Å². The van der Waals surface area contributed by atoms with Crippen LogP contribution in [-0.2, 0) is 0 Å². The molecular weight excluding hydrogens is 179 g/mol. The molecule has 0 aliphatic rings. The van der Waals surface area contributed by atoms with Crippen molar-refractivity contribution >= 4 is 7.85 Å². The molecule has 0 atom stereocenters. The Morgan fingerprint density at radius 3 is 1.53 bits per heavy atom. The molecular formula is C14H29B. The van der Waals surface area contributed by atoms with Crippen LogP contribution in [0.2, 0.25) is 6.32 Å². The molecule has 0 aromatic heterocycles. The summed E-state index contributed by atoms with van der Waals surface area (Å²) >= 11 is 0. The first-order valence-corrected chi connectivity index (χ1v) is 7.05. The molecule has 0 fully saturated rings. The predicted octanol–water partition coefficient (Wildman–Crippen LogP) is 5.13. The van der Waals surface area contributed by atoms with Crippen molar-refractivity contribution in [2.45, 2.75) is 84.4 Å². The molecule has 0 amide bonds. The zero-order valence-electron chi connectivity index (χ0n) is 10.9. The Kier molecular flexibility index (Phi) is 12.2. The van der Waals surface area contributed by atoms with Crippen LogP contribution in [0.1, 0.15) is 78.1 Å². The Morgan fingerprint density at radius 1 is 0.733 bits per heavy atom. The third-order valence-electron chi connectivity index (χ3n) is 3.27. The Morgan fingerprint density at radius 2 is 1.20 bits per heavy atom. The van der Waals surface area contributed by atoms with Gasteiger partial charge in [0.25, 0.3) is 0 Å². The van der Waals surface area contributed by atoms with Gasteiger partial charge in [0.15, 0.2) is 0 Å². The van der Waals surface area contributed by atoms with Crippen LogP contribution in [0, 0.1) is 5.92 Å². The lowest BCUT2D eigenvalue weighted by molar-refractivity contribution is 0.436. The summed E-state index contributed by atoms with van der Waals surface area (Å²) in [4.78, 5) is 0. The second kappa shape index (κ2) is 12.1. The summed E-state index contributed by atoms with van der Waals surface area (Å²) < 4.78 is 0. The molecule has 0 heterocycles. The number of rotatable bonds is 11. The van der Waals surface area contributed by atoms with E-state index in [4.69, 9.17) is 7.85 Å². The van der Waals surface area contributed by atoms with Crippen LogP contribution in [0.15, 0.2) is 0 Å². The molecule has 0 N–H and O–H groups in total. The van der Waals surface area contributed by atoms with E-state index in [1.807, 2.05) is 0 Å². The second-order valence-corrected chi connectivity index (χ2v) is 4.80. The highest BCUT2D eigenvalue weighted by Crippen LogP contribution is 2.20. The molecule has 0 aromatic carbocycles. The van der Waals surface area contributed by atoms with Gasteiger partial charge in [-0.1, -0.05) is 84.4 Å². The molecule has 0 saturated carbocycles. The largest absolute Gasteiger partial charge is 0.0859 e. The van der Waals surface area contributed by atoms with Crippen LogP contribution in [-0.4, -0.2) is 7.85 Å². The van der Waals surface area contributed by atoms with E-state index in [0.717, 1.165) is 12.2 Å². The third kappa shape index (κ3) is 10.3. The summed E-state index contributed by atoms with van der Waals surface area (Å²) in [5.74, 6) is 0.804. The molecule has 1 heteroatoms. The number of hydrogen-bond acceptors (Lipinski definition) is 0. The van der Waals surface area contributed by atoms with Crippen LogP contribution >= 0.6 is 0 Å². The quantitative estimate of drug-likeness (QED) is 0.326. The summed E-state index contributed by atoms with van der Waals surface area (Å²) in [7, 11) is 5.80. The maximum atomic E-state index is 5.80. The van der Waals surface area contributed by atoms with Crippen LogP contribution in [0.5, 0.6) is 0 Å². The average molecular weight is 208 g/mol. The molecule has 0 aromatic rings. The predicted molar refractivity (Wildman–Crippen MR) is 71.6 cm³/mol. The molecule has 0 saturated heterocycles. The molecule has 0 nitrogen and oxygen atoms in total. The third-order valence-corrected chi connectivity index (χ3v) is 3.27. The monoisotopic (exact) mass is 208 g/mol. The minimum Gasteiger partial charge on any atom is -0.0859 e. The van der Waals surface area contributed by atoms with E-state index in [9.17, 15) is 0 Å². The molecule has 2 radical (unpaired) electrons. The van der Waals surface area contributed by atoms with Crippen molar-refractivity contribution in [1.29, 1.82) is 0 Å². The minimum atomic E-state index is 0.804. The van der Waals surface area contributed by atoms with Crippen molar-refractivity contribution in [3.63, 3.8) is 0 Å². The summed E-state index contributed by atoms with van der Waals surface area (Å²) in [6.07, 6.45) is 14.7. The van der Waals surface area contributed by atoms with E-state index in [0.29, 0.717) is 0 Å². The van der Waals surface area contributed by atoms with Gasteiger partial charge in [-0.3, -0.25) is 0 Å². The van der Waals surface area contributed by atoms with Crippen molar-refractivity contribution in [2.75, 3.05) is 0 Å². The van der Waals surface area contributed by atoms with Crippen LogP contribution < -0.4 is 0 Å². The summed E-state index contributed by atoms with van der Waals surface area (Å²) in [5, 5.41) is 0. The number of hydrogen-bond donors (Lipinski definition) is 0. The van der Waals surface area contributed by atoms with Gasteiger partial charge < -0.3 is 0 Å². The Labute approximate surface area is 98.6 Å². The van der Waals surface area contributed by atoms with Gasteiger partial charge in [0.2, 0.25) is 0 Å². The van der Waals surface area contributed by atoms with Gasteiger partial charge in [0, 0.05) is 0 Å². The maximum Gasteiger partial charge on any atom is 0.0656 e. The first-order chi connectivity index (χ1) is 7.35. The Hall–Kier alpha value is 0.0649. The molecule has 0 aliphatic heterocycles. The first-order valence-electron chi connectivity index (χ1n) is 7.05. The van der Waals surface area contributed by atoms with E-state index < -0.39 is 0 Å². The SMILES string of the molecule is [B]CC(CCCCCC)CCCCCC. The lowest BCUT2D eigenvalue weighted by Crippen LogP contribution is -2.00. The van der Waals surface area contributed by atoms with E-state index >= 15 is 0 Å². The molecule has 0 aliphatic carbocycles. The number of unbranched alkanes of at least 4 members (excludes halogenated alkanes) is 6. The molecule has 15 heavy (non-hydrogen) atoms. The molecule has 0 bridgehead atoms. The van der Waals surface area contributed by atoms with Gasteiger partial charge in [0.1, 0.15) is 0 Å². The van der Waals surface area contributed by atoms with Crippen molar-refractivity contribution in [3.8, 4) is 0 Å². The Balaban J connectivity index is 3.29. The van der Waals surface area contributed by atoms with E-state index in [1.54, 1.807) is 0 Å². The molecule has 0 spiro atoms. The fourth-order valence-electron chi connectivity index (χ4n) is 2.10. The zero-order chi connectivity index (χ0) is 11.4. The highest BCUT2D eigenvalue weighted by Gasteiger charge is 2.04. The van der Waals surface area contributed by atoms with Crippen LogP contribution in [0.3, 0.4) is 0 Å². The van der Waals surface area contributed by atoms with Gasteiger partial charge in [-0.25, -0.2) is 0 Å². The molecule has 0 unspecified atom stereocenters. The normalized spacial score (nSPS) is 11.1. The summed E-state index contributed by atoms with van der Waals surface area (Å²) in [6.45, 7) is 4.54. The van der Waals surface area contributed by atoms with Gasteiger partial charge in [-0.15, -0.1) is 0 Å². The van der Waals surface area contributed by atoms with Crippen molar-refractivity contribution in [2.24, 2.45) is 5.92 Å². The first kappa shape index (κ1) is 15.1. The van der Waals surface area contributed by atoms with Gasteiger partial charge in [-0.05, 0) is 5.92 Å². The average Bonchev–Trinajstić information content (AvgIpc) is 2.27. The minimum absolute atomic E-state index is 0.804. The lowest BCUT2D eigenvalue weighted by Gasteiger charge is -2.14. The van der Waals surface area contributed by atoms with Crippen LogP contribution in [0.4, 0.5) is 0 Å². The maximum absolute atomic E-state index is 5.80. The highest BCUT2D eigenvalue weighted by molar-refractivity contribution is 6.08. The van der Waals surface area contributed by atoms with Crippen molar-refractivity contribution in [3.05, 3.63) is 0 Å². The fourth-order valence-corrected chi connectivity index (χ4v) is 2.10. The standard InChI is InChI=1S/C14H29B/c1-3-5-7-9-11-14(13-15)12-10-8-6-4-2/h14H,3-13H2,1-2H3. The van der Waals surface area contributed by atoms with E-state index in [-0.39, 0.29) is 0 Å². The zero-order valence-corrected chi connectivity index (χ0v) is 10.9.